The quantitative estimate of drug-likeness (QED) is 0.492. The van der Waals surface area contributed by atoms with Crippen LogP contribution in [0.25, 0.3) is 21.9 Å². The molecule has 0 aliphatic rings. The third kappa shape index (κ3) is 4.45. The molecule has 1 heterocycles. The predicted octanol–water partition coefficient (Wildman–Crippen LogP) is 5.02. The molecule has 2 N–H and O–H groups in total. The smallest absolute Gasteiger partial charge is 0.251 e. The van der Waals surface area contributed by atoms with Gasteiger partial charge in [-0.3, -0.25) is 9.78 Å². The summed E-state index contributed by atoms with van der Waals surface area (Å²) in [4.78, 5) is 16.7. The number of aliphatic hydroxyl groups excluding tert-OH is 1. The monoisotopic (exact) mass is 402 g/mol. The van der Waals surface area contributed by atoms with Gasteiger partial charge in [0.15, 0.2) is 0 Å². The number of benzene rings is 3. The molecule has 0 aliphatic carbocycles. The number of fused-ring (bicyclic) bond motifs is 1. The van der Waals surface area contributed by atoms with E-state index in [1.54, 1.807) is 36.5 Å². The number of halogens is 1. The maximum atomic E-state index is 12.6. The van der Waals surface area contributed by atoms with Crippen molar-refractivity contribution in [2.45, 2.75) is 6.10 Å². The Morgan fingerprint density at radius 2 is 1.76 bits per heavy atom. The highest BCUT2D eigenvalue weighted by molar-refractivity contribution is 6.30. The first kappa shape index (κ1) is 19.1. The van der Waals surface area contributed by atoms with Crippen molar-refractivity contribution in [3.8, 4) is 11.1 Å². The van der Waals surface area contributed by atoms with Gasteiger partial charge in [0.1, 0.15) is 0 Å². The van der Waals surface area contributed by atoms with Crippen LogP contribution in [0.3, 0.4) is 0 Å². The zero-order chi connectivity index (χ0) is 20.2. The van der Waals surface area contributed by atoms with E-state index in [2.05, 4.69) is 16.4 Å². The third-order valence-electron chi connectivity index (χ3n) is 4.81. The Labute approximate surface area is 173 Å². The molecular formula is C24H19ClN2O2. The van der Waals surface area contributed by atoms with Crippen LogP contribution in [0.2, 0.25) is 5.02 Å². The van der Waals surface area contributed by atoms with Crippen molar-refractivity contribution in [3.63, 3.8) is 0 Å². The first-order valence-electron chi connectivity index (χ1n) is 9.26. The summed E-state index contributed by atoms with van der Waals surface area (Å²) in [6.45, 7) is 0.119. The Kier molecular flexibility index (Phi) is 5.56. The number of rotatable bonds is 5. The standard InChI is InChI=1S/C24H19ClN2O2/c25-22-8-6-16(7-9-22)23(28)15-27-24(29)20-3-1-2-17(13-20)18-4-5-21-14-26-11-10-19(21)12-18/h1-14,23,28H,15H2,(H,27,29). The van der Waals surface area contributed by atoms with Crippen LogP contribution in [-0.2, 0) is 0 Å². The molecule has 1 atom stereocenters. The molecule has 144 valence electrons. The van der Waals surface area contributed by atoms with Crippen LogP contribution in [0.4, 0.5) is 0 Å². The van der Waals surface area contributed by atoms with Gasteiger partial charge in [0, 0.05) is 34.9 Å². The molecular weight excluding hydrogens is 384 g/mol. The van der Waals surface area contributed by atoms with Crippen molar-refractivity contribution in [2.75, 3.05) is 6.54 Å². The summed E-state index contributed by atoms with van der Waals surface area (Å²) in [5.41, 5.74) is 3.23. The maximum Gasteiger partial charge on any atom is 0.251 e. The molecule has 0 fully saturated rings. The van der Waals surface area contributed by atoms with E-state index in [1.165, 1.54) is 0 Å². The van der Waals surface area contributed by atoms with Crippen LogP contribution in [0.5, 0.6) is 0 Å². The molecule has 1 aromatic heterocycles. The number of aliphatic hydroxyl groups is 1. The van der Waals surface area contributed by atoms with Gasteiger partial charge in [-0.05, 0) is 58.5 Å². The number of carbonyl (C=O) groups is 1. The molecule has 29 heavy (non-hydrogen) atoms. The fourth-order valence-corrected chi connectivity index (χ4v) is 3.32. The SMILES string of the molecule is O=C(NCC(O)c1ccc(Cl)cc1)c1cccc(-c2ccc3cnccc3c2)c1. The molecule has 1 unspecified atom stereocenters. The van der Waals surface area contributed by atoms with Gasteiger partial charge in [0.25, 0.3) is 5.91 Å². The topological polar surface area (TPSA) is 62.2 Å². The summed E-state index contributed by atoms with van der Waals surface area (Å²) >= 11 is 5.87. The first-order chi connectivity index (χ1) is 14.1. The summed E-state index contributed by atoms with van der Waals surface area (Å²) in [5.74, 6) is -0.232. The highest BCUT2D eigenvalue weighted by Gasteiger charge is 2.12. The van der Waals surface area contributed by atoms with E-state index in [4.69, 9.17) is 11.6 Å². The van der Waals surface area contributed by atoms with Crippen molar-refractivity contribution in [2.24, 2.45) is 0 Å². The third-order valence-corrected chi connectivity index (χ3v) is 5.06. The van der Waals surface area contributed by atoms with Crippen LogP contribution in [0, 0.1) is 0 Å². The molecule has 0 aliphatic heterocycles. The molecule has 4 nitrogen and oxygen atoms in total. The maximum absolute atomic E-state index is 12.6. The minimum atomic E-state index is -0.798. The van der Waals surface area contributed by atoms with E-state index in [1.807, 2.05) is 42.6 Å². The van der Waals surface area contributed by atoms with Crippen molar-refractivity contribution >= 4 is 28.3 Å². The molecule has 1 amide bonds. The second-order valence-electron chi connectivity index (χ2n) is 6.80. The molecule has 5 heteroatoms. The van der Waals surface area contributed by atoms with Gasteiger partial charge in [0.05, 0.1) is 6.10 Å². The Morgan fingerprint density at radius 3 is 2.59 bits per heavy atom. The van der Waals surface area contributed by atoms with E-state index < -0.39 is 6.10 Å². The van der Waals surface area contributed by atoms with Crippen LogP contribution < -0.4 is 5.32 Å². The average Bonchev–Trinajstić information content (AvgIpc) is 2.77. The van der Waals surface area contributed by atoms with E-state index in [-0.39, 0.29) is 12.5 Å². The summed E-state index contributed by atoms with van der Waals surface area (Å²) in [6, 6.07) is 22.5. The Bertz CT molecular complexity index is 1160. The minimum absolute atomic E-state index is 0.119. The molecule has 4 aromatic rings. The number of hydrogen-bond donors (Lipinski definition) is 2. The van der Waals surface area contributed by atoms with Gasteiger partial charge >= 0.3 is 0 Å². The van der Waals surface area contributed by atoms with Gasteiger partial charge < -0.3 is 10.4 Å². The fourth-order valence-electron chi connectivity index (χ4n) is 3.20. The molecule has 0 bridgehead atoms. The Balaban J connectivity index is 1.48. The average molecular weight is 403 g/mol. The summed E-state index contributed by atoms with van der Waals surface area (Å²) in [6.07, 6.45) is 2.80. The van der Waals surface area contributed by atoms with Crippen molar-refractivity contribution in [3.05, 3.63) is 101 Å². The number of aromatic nitrogens is 1. The van der Waals surface area contributed by atoms with Crippen LogP contribution in [-0.4, -0.2) is 22.5 Å². The largest absolute Gasteiger partial charge is 0.387 e. The molecule has 0 radical (unpaired) electrons. The van der Waals surface area contributed by atoms with Crippen LogP contribution >= 0.6 is 11.6 Å². The molecule has 4 rings (SSSR count). The van der Waals surface area contributed by atoms with Crippen molar-refractivity contribution in [1.82, 2.24) is 10.3 Å². The summed E-state index contributed by atoms with van der Waals surface area (Å²) in [5, 5.41) is 15.8. The van der Waals surface area contributed by atoms with Gasteiger partial charge in [-0.15, -0.1) is 0 Å². The van der Waals surface area contributed by atoms with Crippen LogP contribution in [0.15, 0.2) is 85.2 Å². The molecule has 0 saturated carbocycles. The fraction of sp³-hybridized carbons (Fsp3) is 0.0833. The number of pyridine rings is 1. The number of nitrogens with one attached hydrogen (secondary N) is 1. The number of hydrogen-bond acceptors (Lipinski definition) is 3. The van der Waals surface area contributed by atoms with E-state index in [0.717, 1.165) is 21.9 Å². The van der Waals surface area contributed by atoms with Gasteiger partial charge in [-0.25, -0.2) is 0 Å². The van der Waals surface area contributed by atoms with Gasteiger partial charge in [0.2, 0.25) is 0 Å². The lowest BCUT2D eigenvalue weighted by Crippen LogP contribution is -2.28. The normalized spacial score (nSPS) is 11.9. The summed E-state index contributed by atoms with van der Waals surface area (Å²) in [7, 11) is 0. The Morgan fingerprint density at radius 1 is 0.966 bits per heavy atom. The number of nitrogens with zero attached hydrogens (tertiary/aromatic N) is 1. The highest BCUT2D eigenvalue weighted by Crippen LogP contribution is 2.25. The number of carbonyl (C=O) groups excluding carboxylic acids is 1. The zero-order valence-corrected chi connectivity index (χ0v) is 16.3. The molecule has 0 spiro atoms. The lowest BCUT2D eigenvalue weighted by Gasteiger charge is -2.13. The molecule has 3 aromatic carbocycles. The van der Waals surface area contributed by atoms with Gasteiger partial charge in [-0.1, -0.05) is 48.0 Å². The van der Waals surface area contributed by atoms with Gasteiger partial charge in [-0.2, -0.15) is 0 Å². The second-order valence-corrected chi connectivity index (χ2v) is 7.23. The lowest BCUT2D eigenvalue weighted by atomic mass is 10.0. The number of amides is 1. The predicted molar refractivity (Wildman–Crippen MR) is 116 cm³/mol. The highest BCUT2D eigenvalue weighted by atomic mass is 35.5. The minimum Gasteiger partial charge on any atom is -0.387 e. The van der Waals surface area contributed by atoms with Crippen molar-refractivity contribution < 1.29 is 9.90 Å². The first-order valence-corrected chi connectivity index (χ1v) is 9.64. The Hall–Kier alpha value is -3.21. The zero-order valence-electron chi connectivity index (χ0n) is 15.5. The van der Waals surface area contributed by atoms with E-state index in [9.17, 15) is 9.90 Å². The molecule has 0 saturated heterocycles. The van der Waals surface area contributed by atoms with Crippen molar-refractivity contribution in [1.29, 1.82) is 0 Å². The lowest BCUT2D eigenvalue weighted by molar-refractivity contribution is 0.0916. The van der Waals surface area contributed by atoms with E-state index >= 15 is 0 Å². The van der Waals surface area contributed by atoms with E-state index in [0.29, 0.717) is 16.1 Å². The van der Waals surface area contributed by atoms with Crippen LogP contribution in [0.1, 0.15) is 22.0 Å². The second kappa shape index (κ2) is 8.43. The summed E-state index contributed by atoms with van der Waals surface area (Å²) < 4.78 is 0.